The van der Waals surface area contributed by atoms with Crippen molar-refractivity contribution >= 4 is 103 Å². The SMILES string of the molecule is CC(C)C[C@@H]1NC(=O)[C@H](CCCC[NH3+])NC(=O)[C@H](CC(N)=O)NC(=O)CNC(=O)[C@H](CCC(=O)O)NC(=O)[C@H](Cc2c[nH]c3ccccc23)NC(=O)[C@H](Cc2cnc[nH]2)NC(=O)[C@@H](N)CSSC[C@@H](C(N)=O)NC(=O)[C@H](C(C)C)NC1=O. The number of H-pyrrole nitrogens is 2. The molecule has 0 aliphatic carbocycles. The monoisotopic (exact) mass is 1190 g/mol. The van der Waals surface area contributed by atoms with Crippen LogP contribution in [0.1, 0.15) is 83.9 Å². The number of aromatic nitrogens is 3. The first-order chi connectivity index (χ1) is 38.9. The minimum absolute atomic E-state index is 0.00109. The van der Waals surface area contributed by atoms with E-state index in [1.54, 1.807) is 58.2 Å². The van der Waals surface area contributed by atoms with Crippen LogP contribution >= 0.6 is 21.6 Å². The van der Waals surface area contributed by atoms with Gasteiger partial charge in [-0.05, 0) is 55.6 Å². The molecule has 0 spiro atoms. The first-order valence-electron chi connectivity index (χ1n) is 26.7. The third-order valence-electron chi connectivity index (χ3n) is 12.9. The van der Waals surface area contributed by atoms with Crippen molar-refractivity contribution in [3.63, 3.8) is 0 Å². The number of imidazole rings is 1. The molecular weight excluding hydrogens is 1110 g/mol. The number of nitrogens with zero attached hydrogens (tertiary/aromatic N) is 1. The number of aliphatic carboxylic acids is 1. The number of aromatic amines is 2. The highest BCUT2D eigenvalue weighted by Crippen LogP contribution is 2.24. The molecule has 1 aliphatic heterocycles. The Hall–Kier alpha value is -7.77. The summed E-state index contributed by atoms with van der Waals surface area (Å²) in [6.45, 7) is 6.40. The average molecular weight is 1190 g/mol. The highest BCUT2D eigenvalue weighted by atomic mass is 33.1. The van der Waals surface area contributed by atoms with E-state index in [0.717, 1.165) is 21.6 Å². The number of fused-ring (bicyclic) bond motifs is 1. The number of unbranched alkanes of at least 4 members (excludes halogenated alkanes) is 1. The number of benzene rings is 1. The van der Waals surface area contributed by atoms with Gasteiger partial charge in [-0.1, -0.05) is 67.5 Å². The van der Waals surface area contributed by atoms with Gasteiger partial charge in [0, 0.05) is 59.8 Å². The van der Waals surface area contributed by atoms with Crippen LogP contribution in [-0.4, -0.2) is 170 Å². The average Bonchev–Trinajstić information content (AvgIpc) is 4.13. The minimum atomic E-state index is -1.73. The minimum Gasteiger partial charge on any atom is -0.481 e. The number of para-hydroxylation sites is 1. The van der Waals surface area contributed by atoms with Gasteiger partial charge in [0.05, 0.1) is 31.9 Å². The van der Waals surface area contributed by atoms with Crippen LogP contribution in [0.4, 0.5) is 0 Å². The van der Waals surface area contributed by atoms with Gasteiger partial charge in [0.15, 0.2) is 0 Å². The number of hydrogen-bond donors (Lipinski definition) is 16. The van der Waals surface area contributed by atoms with Crippen LogP contribution in [0, 0.1) is 11.8 Å². The van der Waals surface area contributed by atoms with Gasteiger partial charge in [-0.3, -0.25) is 57.5 Å². The molecule has 2 aromatic heterocycles. The molecule has 21 N–H and O–H groups in total. The van der Waals surface area contributed by atoms with Crippen molar-refractivity contribution in [3.8, 4) is 0 Å². The lowest BCUT2D eigenvalue weighted by Gasteiger charge is -2.29. The molecule has 1 saturated heterocycles. The summed E-state index contributed by atoms with van der Waals surface area (Å²) >= 11 is 0. The van der Waals surface area contributed by atoms with Crippen molar-refractivity contribution in [2.75, 3.05) is 24.6 Å². The van der Waals surface area contributed by atoms with Gasteiger partial charge < -0.3 is 85.9 Å². The third-order valence-corrected chi connectivity index (χ3v) is 15.3. The number of amides is 11. The summed E-state index contributed by atoms with van der Waals surface area (Å²) in [6.07, 6.45) is 2.89. The van der Waals surface area contributed by atoms with Crippen molar-refractivity contribution in [3.05, 3.63) is 54.2 Å². The molecule has 1 aromatic carbocycles. The van der Waals surface area contributed by atoms with E-state index in [0.29, 0.717) is 41.5 Å². The van der Waals surface area contributed by atoms with Gasteiger partial charge in [-0.25, -0.2) is 4.98 Å². The second-order valence-corrected chi connectivity index (χ2v) is 23.0. The van der Waals surface area contributed by atoms with E-state index in [-0.39, 0.29) is 43.1 Å². The number of carboxylic acids is 1. The summed E-state index contributed by atoms with van der Waals surface area (Å²) in [5, 5.41) is 33.2. The normalized spacial score (nSPS) is 24.2. The fourth-order valence-corrected chi connectivity index (χ4v) is 10.8. The number of carbonyl (C=O) groups is 12. The predicted octanol–water partition coefficient (Wildman–Crippen LogP) is -4.27. The number of nitrogens with two attached hydrogens (primary N) is 3. The number of carbonyl (C=O) groups excluding carboxylic acids is 11. The van der Waals surface area contributed by atoms with Crippen LogP contribution in [0.15, 0.2) is 43.0 Å². The Labute approximate surface area is 480 Å². The molecule has 0 bridgehead atoms. The van der Waals surface area contributed by atoms with Crippen molar-refractivity contribution < 1.29 is 68.4 Å². The van der Waals surface area contributed by atoms with E-state index in [9.17, 15) is 62.6 Å². The first-order valence-corrected chi connectivity index (χ1v) is 29.2. The van der Waals surface area contributed by atoms with Crippen molar-refractivity contribution in [1.82, 2.24) is 62.8 Å². The third kappa shape index (κ3) is 21.9. The maximum absolute atomic E-state index is 14.5. The molecule has 450 valence electrons. The number of quaternary nitrogens is 1. The van der Waals surface area contributed by atoms with Gasteiger partial charge in [-0.2, -0.15) is 0 Å². The second-order valence-electron chi connectivity index (χ2n) is 20.4. The number of primary amides is 2. The zero-order valence-corrected chi connectivity index (χ0v) is 47.8. The van der Waals surface area contributed by atoms with E-state index in [1.807, 2.05) is 0 Å². The number of carboxylic acid groups (broad SMARTS) is 1. The molecule has 0 saturated carbocycles. The summed E-state index contributed by atoms with van der Waals surface area (Å²) in [5.74, 6) is -12.6. The van der Waals surface area contributed by atoms with Gasteiger partial charge in [0.2, 0.25) is 65.0 Å². The van der Waals surface area contributed by atoms with Gasteiger partial charge in [-0.15, -0.1) is 0 Å². The Morgan fingerprint density at radius 2 is 1.28 bits per heavy atom. The molecule has 1 aliphatic rings. The Morgan fingerprint density at radius 1 is 0.683 bits per heavy atom. The van der Waals surface area contributed by atoms with Crippen molar-refractivity contribution in [1.29, 1.82) is 0 Å². The van der Waals surface area contributed by atoms with Crippen LogP contribution in [-0.2, 0) is 70.4 Å². The summed E-state index contributed by atoms with van der Waals surface area (Å²) in [5.41, 5.74) is 22.9. The lowest BCUT2D eigenvalue weighted by atomic mass is 9.99. The molecule has 9 atom stereocenters. The summed E-state index contributed by atoms with van der Waals surface area (Å²) in [7, 11) is 2.08. The summed E-state index contributed by atoms with van der Waals surface area (Å²) in [6, 6.07) is -5.74. The number of nitrogens with one attached hydrogen (secondary N) is 11. The Morgan fingerprint density at radius 3 is 1.90 bits per heavy atom. The Kier molecular flexibility index (Phi) is 27.0. The Bertz CT molecular complexity index is 2730. The summed E-state index contributed by atoms with van der Waals surface area (Å²) in [4.78, 5) is 173. The van der Waals surface area contributed by atoms with E-state index in [4.69, 9.17) is 17.2 Å². The number of rotatable bonds is 17. The fraction of sp³-hybridized carbons (Fsp3) is 0.549. The largest absolute Gasteiger partial charge is 0.481 e. The van der Waals surface area contributed by atoms with Crippen LogP contribution in [0.3, 0.4) is 0 Å². The Balaban J connectivity index is 1.75. The summed E-state index contributed by atoms with van der Waals surface area (Å²) < 4.78 is 0. The van der Waals surface area contributed by atoms with Gasteiger partial charge in [0.25, 0.3) is 0 Å². The van der Waals surface area contributed by atoms with Crippen LogP contribution in [0.2, 0.25) is 0 Å². The topological polar surface area (TPSA) is 484 Å². The quantitative estimate of drug-likeness (QED) is 0.0449. The van der Waals surface area contributed by atoms with Crippen LogP contribution < -0.4 is 70.8 Å². The lowest BCUT2D eigenvalue weighted by Crippen LogP contribution is -2.60. The van der Waals surface area contributed by atoms with E-state index in [1.165, 1.54) is 12.5 Å². The van der Waals surface area contributed by atoms with E-state index >= 15 is 0 Å². The highest BCUT2D eigenvalue weighted by Gasteiger charge is 2.36. The molecule has 0 radical (unpaired) electrons. The molecule has 82 heavy (non-hydrogen) atoms. The second kappa shape index (κ2) is 33.2. The lowest BCUT2D eigenvalue weighted by molar-refractivity contribution is -0.368. The molecule has 4 rings (SSSR count). The van der Waals surface area contributed by atoms with E-state index in [2.05, 4.69) is 68.5 Å². The van der Waals surface area contributed by atoms with Crippen LogP contribution in [0.25, 0.3) is 10.9 Å². The molecule has 1 fully saturated rings. The number of hydrogen-bond acceptors (Lipinski definition) is 16. The molecular formula is C51H77N16O13S2+. The highest BCUT2D eigenvalue weighted by molar-refractivity contribution is 8.76. The van der Waals surface area contributed by atoms with Crippen molar-refractivity contribution in [2.24, 2.45) is 29.0 Å². The fourth-order valence-electron chi connectivity index (χ4n) is 8.46. The zero-order valence-electron chi connectivity index (χ0n) is 46.1. The molecule has 29 nitrogen and oxygen atoms in total. The van der Waals surface area contributed by atoms with Crippen LogP contribution in [0.5, 0.6) is 0 Å². The smallest absolute Gasteiger partial charge is 0.303 e. The molecule has 11 amide bonds. The first kappa shape index (κ1) is 66.7. The van der Waals surface area contributed by atoms with E-state index < -0.39 is 157 Å². The standard InChI is InChI=1S/C51H76N16O13S2/c1-25(2)15-34-50(79)67-42(26(3)4)51(80)66-38(43(55)72)23-82-81-22-30(53)44(73)63-36(17-28-20-56-24-59-28)48(77)65-35(16-27-19-57-31-10-6-5-9-29(27)31)47(76)62-33(12-13-41(70)71)45(74)58-21-40(69)60-37(18-39(54)68)49(78)61-32(46(75)64-34)11-7-8-14-52/h5-6,9-10,19-20,24-26,30,32-38,42,57H,7-8,11-18,21-23,52-53H2,1-4H3,(H2,54,68)(H2,55,72)(H,56,59)(H,58,74)(H,60,69)(H,61,78)(H,62,76)(H,63,73)(H,64,75)(H,65,77)(H,66,80)(H,67,79)(H,70,71)/p+1/t30-,32-,33-,34-,35-,36-,37-,38-,42-/m0/s1. The molecule has 3 aromatic rings. The maximum Gasteiger partial charge on any atom is 0.303 e. The van der Waals surface area contributed by atoms with Gasteiger partial charge in [0.1, 0.15) is 48.3 Å². The zero-order chi connectivity index (χ0) is 60.6. The van der Waals surface area contributed by atoms with Gasteiger partial charge >= 0.3 is 5.97 Å². The van der Waals surface area contributed by atoms with Crippen molar-refractivity contribution in [2.45, 2.75) is 140 Å². The molecule has 31 heteroatoms. The predicted molar refractivity (Wildman–Crippen MR) is 301 cm³/mol. The molecule has 3 heterocycles. The molecule has 0 unspecified atom stereocenters. The maximum atomic E-state index is 14.5.